The molecule has 10 nitrogen and oxygen atoms in total. The first-order chi connectivity index (χ1) is 20.3. The fraction of sp³-hybridized carbons (Fsp3) is 0.500. The van der Waals surface area contributed by atoms with E-state index in [1.54, 1.807) is 65.9 Å². The minimum Gasteiger partial charge on any atom is -0.462 e. The molecule has 3 aromatic heterocycles. The van der Waals surface area contributed by atoms with Gasteiger partial charge in [-0.3, -0.25) is 0 Å². The van der Waals surface area contributed by atoms with Crippen molar-refractivity contribution in [2.45, 2.75) is 35.8 Å². The minimum absolute atomic E-state index is 0.00353. The predicted molar refractivity (Wildman–Crippen MR) is 162 cm³/mol. The molecule has 6 rings (SSSR count). The van der Waals surface area contributed by atoms with Gasteiger partial charge in [0.05, 0.1) is 21.8 Å². The maximum Gasteiger partial charge on any atom is 0.320 e. The Kier molecular flexibility index (Phi) is 7.09. The van der Waals surface area contributed by atoms with Gasteiger partial charge in [0.2, 0.25) is 5.82 Å². The number of ether oxygens (including phenoxy) is 1. The van der Waals surface area contributed by atoms with Crippen LogP contribution in [0.5, 0.6) is 6.01 Å². The number of nitrogens with two attached hydrogens (primary N) is 2. The van der Waals surface area contributed by atoms with Crippen LogP contribution in [0.1, 0.15) is 41.0 Å². The molecule has 5 heterocycles. The first-order valence-electron chi connectivity index (χ1n) is 13.7. The summed E-state index contributed by atoms with van der Waals surface area (Å²) < 4.78 is 50.7. The van der Waals surface area contributed by atoms with Gasteiger partial charge in [-0.1, -0.05) is 6.07 Å². The topological polar surface area (TPSA) is 133 Å². The Morgan fingerprint density at radius 3 is 2.58 bits per heavy atom. The lowest BCUT2D eigenvalue weighted by molar-refractivity contribution is 0.0287. The third kappa shape index (κ3) is 4.79. The zero-order valence-corrected chi connectivity index (χ0v) is 25.8. The van der Waals surface area contributed by atoms with Crippen LogP contribution in [0.15, 0.2) is 18.3 Å². The van der Waals surface area contributed by atoms with E-state index >= 15 is 4.39 Å². The summed E-state index contributed by atoms with van der Waals surface area (Å²) in [6, 6.07) is 5.15. The van der Waals surface area contributed by atoms with Crippen molar-refractivity contribution in [3.05, 3.63) is 45.7 Å². The molecule has 2 aliphatic heterocycles. The second-order valence-corrected chi connectivity index (χ2v) is 14.3. The van der Waals surface area contributed by atoms with E-state index in [1.165, 1.54) is 11.3 Å². The van der Waals surface area contributed by atoms with E-state index in [0.29, 0.717) is 35.0 Å². The predicted octanol–water partition coefficient (Wildman–Crippen LogP) is 4.23. The quantitative estimate of drug-likeness (QED) is 0.351. The molecule has 0 radical (unpaired) electrons. The third-order valence-corrected chi connectivity index (χ3v) is 11.2. The molecule has 3 aliphatic rings. The Morgan fingerprint density at radius 2 is 1.95 bits per heavy atom. The molecular formula is C28H32F3N9OS2. The number of nitrogen functional groups attached to an aromatic ring is 2. The number of halogens is 3. The molecule has 0 amide bonds. The number of pyridine rings is 1. The highest BCUT2D eigenvalue weighted by molar-refractivity contribution is 8.00. The number of anilines is 4. The molecule has 1 saturated heterocycles. The van der Waals surface area contributed by atoms with Crippen LogP contribution < -0.4 is 26.0 Å². The van der Waals surface area contributed by atoms with Gasteiger partial charge in [0.25, 0.3) is 5.92 Å². The fourth-order valence-electron chi connectivity index (χ4n) is 6.09. The second kappa shape index (κ2) is 10.3. The Morgan fingerprint density at radius 1 is 1.23 bits per heavy atom. The average Bonchev–Trinajstić information content (AvgIpc) is 3.17. The number of thiophene rings is 1. The number of aromatic nitrogens is 3. The zero-order valence-electron chi connectivity index (χ0n) is 24.2. The number of thioether (sulfide) groups is 1. The van der Waals surface area contributed by atoms with E-state index in [4.69, 9.17) is 16.2 Å². The van der Waals surface area contributed by atoms with Gasteiger partial charge in [-0.2, -0.15) is 19.6 Å². The highest BCUT2D eigenvalue weighted by atomic mass is 32.2. The number of hydrogen-bond acceptors (Lipinski definition) is 12. The summed E-state index contributed by atoms with van der Waals surface area (Å²) in [4.78, 5) is 19.0. The lowest BCUT2D eigenvalue weighted by Gasteiger charge is -2.48. The zero-order chi connectivity index (χ0) is 30.9. The van der Waals surface area contributed by atoms with E-state index in [0.717, 1.165) is 16.2 Å². The summed E-state index contributed by atoms with van der Waals surface area (Å²) >= 11 is 3.12. The van der Waals surface area contributed by atoms with Gasteiger partial charge in [-0.15, -0.1) is 23.1 Å². The number of nitrogens with zero attached hydrogens (tertiary/aromatic N) is 7. The van der Waals surface area contributed by atoms with E-state index in [9.17, 15) is 14.0 Å². The van der Waals surface area contributed by atoms with Gasteiger partial charge in [0.15, 0.2) is 11.6 Å². The van der Waals surface area contributed by atoms with Crippen molar-refractivity contribution in [3.8, 4) is 12.1 Å². The number of rotatable bonds is 9. The van der Waals surface area contributed by atoms with Gasteiger partial charge in [-0.05, 0) is 27.1 Å². The molecule has 1 spiro atoms. The van der Waals surface area contributed by atoms with Crippen LogP contribution in [0.4, 0.5) is 35.6 Å². The van der Waals surface area contributed by atoms with E-state index in [1.807, 2.05) is 6.92 Å². The van der Waals surface area contributed by atoms with E-state index in [-0.39, 0.29) is 37.2 Å². The molecular weight excluding hydrogens is 599 g/mol. The molecule has 2 atom stereocenters. The molecule has 2 fully saturated rings. The largest absolute Gasteiger partial charge is 0.462 e. The lowest BCUT2D eigenvalue weighted by Crippen LogP contribution is -2.57. The van der Waals surface area contributed by atoms with Crippen molar-refractivity contribution >= 4 is 45.6 Å². The fourth-order valence-corrected chi connectivity index (χ4v) is 8.89. The average molecular weight is 632 g/mol. The Bertz CT molecular complexity index is 1620. The van der Waals surface area contributed by atoms with Crippen LogP contribution in [-0.2, 0) is 10.5 Å². The number of alkyl halides is 2. The molecule has 3 aromatic rings. The van der Waals surface area contributed by atoms with Crippen LogP contribution in [0.3, 0.4) is 0 Å². The first-order valence-corrected chi connectivity index (χ1v) is 15.5. The van der Waals surface area contributed by atoms with Crippen LogP contribution in [0.2, 0.25) is 0 Å². The monoisotopic (exact) mass is 631 g/mol. The summed E-state index contributed by atoms with van der Waals surface area (Å²) in [6.07, 6.45) is 1.26. The minimum atomic E-state index is -2.88. The molecule has 0 bridgehead atoms. The van der Waals surface area contributed by atoms with E-state index < -0.39 is 27.9 Å². The highest BCUT2D eigenvalue weighted by Crippen LogP contribution is 2.61. The van der Waals surface area contributed by atoms with Gasteiger partial charge in [-0.25, -0.2) is 13.8 Å². The van der Waals surface area contributed by atoms with Crippen molar-refractivity contribution in [2.24, 2.45) is 5.41 Å². The molecule has 43 heavy (non-hydrogen) atoms. The molecule has 0 aromatic carbocycles. The Hall–Kier alpha value is -3.48. The SMILES string of the molecule is C[C@H](c1cccnc1N)N(C)c1nc(OC[C@]2(CN(C)C)CC2(F)F)nc(N2CC3(C2)SCc2sc(N)c(C#N)c23)c1F. The summed E-state index contributed by atoms with van der Waals surface area (Å²) in [7, 11) is 5.13. The van der Waals surface area contributed by atoms with Crippen LogP contribution in [0.25, 0.3) is 0 Å². The number of hydrogen-bond donors (Lipinski definition) is 2. The maximum atomic E-state index is 16.3. The summed E-state index contributed by atoms with van der Waals surface area (Å²) in [5, 5.41) is 10.2. The summed E-state index contributed by atoms with van der Waals surface area (Å²) in [6.45, 7) is 2.42. The molecule has 1 saturated carbocycles. The summed E-state index contributed by atoms with van der Waals surface area (Å²) in [5.41, 5.74) is 12.9. The van der Waals surface area contributed by atoms with Crippen molar-refractivity contribution in [2.75, 3.05) is 68.7 Å². The second-order valence-electron chi connectivity index (χ2n) is 11.8. The number of nitriles is 1. The standard InChI is InChI=1S/C28H32F3N9OS2/c1-15(16-6-5-7-35-21(16)33)39(4)23-20(29)24(37-25(36-23)41-14-26(11-38(2)3)10-28(26,30)31)40-12-27(13-40)19-17(8-32)22(34)43-18(19)9-42-27/h5-7,15H,9-14,34H2,1-4H3,(H2,33,35)/t15-,26-/m1/s1. The molecule has 1 aliphatic carbocycles. The van der Waals surface area contributed by atoms with Crippen molar-refractivity contribution in [1.82, 2.24) is 19.9 Å². The number of fused-ring (bicyclic) bond motifs is 2. The smallest absolute Gasteiger partial charge is 0.320 e. The Labute approximate surface area is 255 Å². The van der Waals surface area contributed by atoms with Gasteiger partial charge in [0, 0.05) is 61.1 Å². The summed E-state index contributed by atoms with van der Waals surface area (Å²) in [5.74, 6) is -2.58. The Balaban J connectivity index is 1.34. The normalized spacial score (nSPS) is 21.8. The lowest BCUT2D eigenvalue weighted by atomic mass is 9.88. The van der Waals surface area contributed by atoms with Crippen LogP contribution >= 0.6 is 23.1 Å². The van der Waals surface area contributed by atoms with Crippen molar-refractivity contribution in [3.63, 3.8) is 0 Å². The van der Waals surface area contributed by atoms with Gasteiger partial charge < -0.3 is 30.9 Å². The van der Waals surface area contributed by atoms with Crippen molar-refractivity contribution < 1.29 is 17.9 Å². The van der Waals surface area contributed by atoms with Gasteiger partial charge in [0.1, 0.15) is 23.5 Å². The van der Waals surface area contributed by atoms with Crippen molar-refractivity contribution in [1.29, 1.82) is 5.26 Å². The molecule has 4 N–H and O–H groups in total. The maximum absolute atomic E-state index is 16.3. The highest BCUT2D eigenvalue weighted by Gasteiger charge is 2.71. The van der Waals surface area contributed by atoms with Gasteiger partial charge >= 0.3 is 6.01 Å². The molecule has 228 valence electrons. The first kappa shape index (κ1) is 29.6. The molecule has 0 unspecified atom stereocenters. The third-order valence-electron chi connectivity index (χ3n) is 8.59. The molecule has 15 heteroatoms. The van der Waals surface area contributed by atoms with Crippen LogP contribution in [-0.4, -0.2) is 73.2 Å². The van der Waals surface area contributed by atoms with E-state index in [2.05, 4.69) is 21.0 Å². The van der Waals surface area contributed by atoms with Crippen LogP contribution in [0, 0.1) is 22.6 Å².